The molecule has 158 valence electrons. The molecule has 2 amide bonds. The van der Waals surface area contributed by atoms with Crippen LogP contribution in [0.5, 0.6) is 0 Å². The summed E-state index contributed by atoms with van der Waals surface area (Å²) < 4.78 is 0. The number of hydrogen-bond donors (Lipinski definition) is 1. The molecule has 1 aliphatic heterocycles. The number of pyridine rings is 1. The van der Waals surface area contributed by atoms with Crippen molar-refractivity contribution in [2.24, 2.45) is 11.8 Å². The van der Waals surface area contributed by atoms with E-state index in [1.807, 2.05) is 47.5 Å². The van der Waals surface area contributed by atoms with Crippen molar-refractivity contribution in [1.29, 1.82) is 0 Å². The summed E-state index contributed by atoms with van der Waals surface area (Å²) in [4.78, 5) is 31.0. The standard InChI is InChI=1S/C25H31N3O2/c29-24(23-17-22(23)21-10-6-13-26-18-21)27-14-5-4-7-19-11-15-28(16-12-19)25(30)20-8-2-1-3-9-20/h1-3,6,8-10,13,18-19,22-23H,4-5,7,11-12,14-17H2,(H,27,29)/t22-,23+/m0/s1. The molecule has 1 aromatic heterocycles. The number of nitrogens with zero attached hydrogens (tertiary/aromatic N) is 2. The van der Waals surface area contributed by atoms with Gasteiger partial charge in [0.2, 0.25) is 5.91 Å². The molecule has 5 heteroatoms. The third kappa shape index (κ3) is 5.26. The molecule has 1 saturated carbocycles. The van der Waals surface area contributed by atoms with Crippen LogP contribution in [-0.2, 0) is 4.79 Å². The lowest BCUT2D eigenvalue weighted by molar-refractivity contribution is -0.122. The Hall–Kier alpha value is -2.69. The highest BCUT2D eigenvalue weighted by Crippen LogP contribution is 2.47. The lowest BCUT2D eigenvalue weighted by Gasteiger charge is -2.32. The second-order valence-electron chi connectivity index (χ2n) is 8.62. The molecule has 1 saturated heterocycles. The van der Waals surface area contributed by atoms with Crippen LogP contribution in [0.3, 0.4) is 0 Å². The molecule has 1 N–H and O–H groups in total. The Kier molecular flexibility index (Phi) is 6.77. The van der Waals surface area contributed by atoms with E-state index in [1.54, 1.807) is 6.20 Å². The summed E-state index contributed by atoms with van der Waals surface area (Å²) in [7, 11) is 0. The highest BCUT2D eigenvalue weighted by Gasteiger charge is 2.43. The van der Waals surface area contributed by atoms with Gasteiger partial charge in [0.15, 0.2) is 0 Å². The van der Waals surface area contributed by atoms with E-state index in [0.29, 0.717) is 11.8 Å². The number of hydrogen-bond acceptors (Lipinski definition) is 3. The van der Waals surface area contributed by atoms with Gasteiger partial charge in [-0.3, -0.25) is 14.6 Å². The highest BCUT2D eigenvalue weighted by atomic mass is 16.2. The van der Waals surface area contributed by atoms with Gasteiger partial charge in [0, 0.05) is 43.5 Å². The van der Waals surface area contributed by atoms with E-state index < -0.39 is 0 Å². The van der Waals surface area contributed by atoms with E-state index in [9.17, 15) is 9.59 Å². The number of benzene rings is 1. The normalized spacial score (nSPS) is 21.3. The van der Waals surface area contributed by atoms with Crippen molar-refractivity contribution in [3.63, 3.8) is 0 Å². The van der Waals surface area contributed by atoms with E-state index in [0.717, 1.165) is 57.3 Å². The molecule has 0 unspecified atom stereocenters. The monoisotopic (exact) mass is 405 g/mol. The van der Waals surface area contributed by atoms with Gasteiger partial charge in [-0.2, -0.15) is 0 Å². The third-order valence-corrected chi connectivity index (χ3v) is 6.50. The second kappa shape index (κ2) is 9.88. The Balaban J connectivity index is 1.08. The summed E-state index contributed by atoms with van der Waals surface area (Å²) >= 11 is 0. The summed E-state index contributed by atoms with van der Waals surface area (Å²) in [5.74, 6) is 1.51. The Labute approximate surface area is 178 Å². The molecule has 1 aliphatic carbocycles. The average molecular weight is 406 g/mol. The molecule has 0 bridgehead atoms. The molecule has 4 rings (SSSR count). The maximum atomic E-state index is 12.5. The first-order valence-electron chi connectivity index (χ1n) is 11.2. The van der Waals surface area contributed by atoms with E-state index in [2.05, 4.69) is 16.4 Å². The van der Waals surface area contributed by atoms with Crippen LogP contribution in [-0.4, -0.2) is 41.3 Å². The molecule has 0 spiro atoms. The maximum Gasteiger partial charge on any atom is 0.253 e. The summed E-state index contributed by atoms with van der Waals surface area (Å²) in [6.07, 6.45) is 10.1. The summed E-state index contributed by atoms with van der Waals surface area (Å²) in [6.45, 7) is 2.47. The zero-order valence-electron chi connectivity index (χ0n) is 17.5. The average Bonchev–Trinajstić information content (AvgIpc) is 3.61. The van der Waals surface area contributed by atoms with Crippen molar-refractivity contribution in [2.45, 2.75) is 44.4 Å². The molecule has 30 heavy (non-hydrogen) atoms. The van der Waals surface area contributed by atoms with Crippen molar-refractivity contribution in [3.05, 3.63) is 66.0 Å². The fourth-order valence-corrected chi connectivity index (χ4v) is 4.54. The molecule has 2 fully saturated rings. The van der Waals surface area contributed by atoms with Gasteiger partial charge in [-0.15, -0.1) is 0 Å². The number of nitrogens with one attached hydrogen (secondary N) is 1. The first-order valence-corrected chi connectivity index (χ1v) is 11.2. The van der Waals surface area contributed by atoms with Crippen molar-refractivity contribution in [3.8, 4) is 0 Å². The van der Waals surface area contributed by atoms with E-state index >= 15 is 0 Å². The van der Waals surface area contributed by atoms with Crippen molar-refractivity contribution < 1.29 is 9.59 Å². The van der Waals surface area contributed by atoms with Crippen LogP contribution in [0.2, 0.25) is 0 Å². The largest absolute Gasteiger partial charge is 0.356 e. The fraction of sp³-hybridized carbons (Fsp3) is 0.480. The van der Waals surface area contributed by atoms with Crippen molar-refractivity contribution >= 4 is 11.8 Å². The van der Waals surface area contributed by atoms with Crippen LogP contribution in [0, 0.1) is 11.8 Å². The number of rotatable bonds is 8. The van der Waals surface area contributed by atoms with Gasteiger partial charge in [-0.05, 0) is 61.3 Å². The third-order valence-electron chi connectivity index (χ3n) is 6.50. The van der Waals surface area contributed by atoms with Gasteiger partial charge >= 0.3 is 0 Å². The minimum Gasteiger partial charge on any atom is -0.356 e. The Morgan fingerprint density at radius 3 is 2.57 bits per heavy atom. The highest BCUT2D eigenvalue weighted by molar-refractivity contribution is 5.94. The Morgan fingerprint density at radius 1 is 1.03 bits per heavy atom. The number of likely N-dealkylation sites (tertiary alicyclic amines) is 1. The van der Waals surface area contributed by atoms with Gasteiger partial charge in [0.05, 0.1) is 0 Å². The number of carbonyl (C=O) groups is 2. The first kappa shape index (κ1) is 20.6. The van der Waals surface area contributed by atoms with Gasteiger partial charge in [-0.25, -0.2) is 0 Å². The van der Waals surface area contributed by atoms with Crippen LogP contribution in [0.25, 0.3) is 0 Å². The Bertz CT molecular complexity index is 832. The quantitative estimate of drug-likeness (QED) is 0.675. The van der Waals surface area contributed by atoms with Crippen molar-refractivity contribution in [2.75, 3.05) is 19.6 Å². The number of unbranched alkanes of at least 4 members (excludes halogenated alkanes) is 1. The molecule has 2 atom stereocenters. The molecule has 2 aliphatic rings. The van der Waals surface area contributed by atoms with Gasteiger partial charge in [-0.1, -0.05) is 37.1 Å². The number of carbonyl (C=O) groups excluding carboxylic acids is 2. The number of aromatic nitrogens is 1. The van der Waals surface area contributed by atoms with Crippen molar-refractivity contribution in [1.82, 2.24) is 15.2 Å². The van der Waals surface area contributed by atoms with E-state index in [-0.39, 0.29) is 17.7 Å². The van der Waals surface area contributed by atoms with Crippen LogP contribution in [0.15, 0.2) is 54.9 Å². The minimum absolute atomic E-state index is 0.126. The van der Waals surface area contributed by atoms with E-state index in [4.69, 9.17) is 0 Å². The van der Waals surface area contributed by atoms with E-state index in [1.165, 1.54) is 12.0 Å². The molecule has 2 aromatic rings. The smallest absolute Gasteiger partial charge is 0.253 e. The Morgan fingerprint density at radius 2 is 1.83 bits per heavy atom. The summed E-state index contributed by atoms with van der Waals surface area (Å²) in [6, 6.07) is 13.6. The predicted molar refractivity (Wildman–Crippen MR) is 117 cm³/mol. The summed E-state index contributed by atoms with van der Waals surface area (Å²) in [5, 5.41) is 3.11. The first-order chi connectivity index (χ1) is 14.7. The van der Waals surface area contributed by atoms with Gasteiger partial charge in [0.1, 0.15) is 0 Å². The molecule has 0 radical (unpaired) electrons. The van der Waals surface area contributed by atoms with Crippen LogP contribution in [0.4, 0.5) is 0 Å². The zero-order valence-corrected chi connectivity index (χ0v) is 17.5. The predicted octanol–water partition coefficient (Wildman–Crippen LogP) is 4.02. The zero-order chi connectivity index (χ0) is 20.8. The number of amides is 2. The second-order valence-corrected chi connectivity index (χ2v) is 8.62. The number of piperidine rings is 1. The molecular formula is C25H31N3O2. The lowest BCUT2D eigenvalue weighted by Crippen LogP contribution is -2.38. The molecule has 1 aromatic carbocycles. The summed E-state index contributed by atoms with van der Waals surface area (Å²) in [5.41, 5.74) is 1.96. The van der Waals surface area contributed by atoms with Crippen LogP contribution in [0.1, 0.15) is 60.4 Å². The lowest BCUT2D eigenvalue weighted by atomic mass is 9.91. The molecular weight excluding hydrogens is 374 g/mol. The SMILES string of the molecule is O=C(NCCCCC1CCN(C(=O)c2ccccc2)CC1)[C@@H]1C[C@H]1c1cccnc1. The van der Waals surface area contributed by atoms with Crippen LogP contribution < -0.4 is 5.32 Å². The minimum atomic E-state index is 0.126. The fourth-order valence-electron chi connectivity index (χ4n) is 4.54. The van der Waals surface area contributed by atoms with Gasteiger partial charge < -0.3 is 10.2 Å². The maximum absolute atomic E-state index is 12.5. The topological polar surface area (TPSA) is 62.3 Å². The molecule has 5 nitrogen and oxygen atoms in total. The van der Waals surface area contributed by atoms with Gasteiger partial charge in [0.25, 0.3) is 5.91 Å². The molecule has 2 heterocycles. The van der Waals surface area contributed by atoms with Crippen LogP contribution >= 0.6 is 0 Å².